The van der Waals surface area contributed by atoms with E-state index in [1.165, 1.54) is 6.33 Å². The topological polar surface area (TPSA) is 77.2 Å². The van der Waals surface area contributed by atoms with E-state index in [4.69, 9.17) is 4.74 Å². The molecule has 1 N–H and O–H groups in total. The van der Waals surface area contributed by atoms with Crippen LogP contribution in [0.1, 0.15) is 23.0 Å². The molecule has 0 aliphatic heterocycles. The van der Waals surface area contributed by atoms with Gasteiger partial charge in [-0.15, -0.1) is 11.8 Å². The Morgan fingerprint density at radius 3 is 2.60 bits per heavy atom. The van der Waals surface area contributed by atoms with Crippen LogP contribution in [0.15, 0.2) is 66.1 Å². The zero-order chi connectivity index (χ0) is 21.1. The number of thioether (sulfide) groups is 1. The van der Waals surface area contributed by atoms with Gasteiger partial charge in [0.25, 0.3) is 0 Å². The lowest BCUT2D eigenvalue weighted by molar-refractivity contribution is 0.0527. The summed E-state index contributed by atoms with van der Waals surface area (Å²) in [6.45, 7) is 2.07. The maximum Gasteiger partial charge on any atom is 0.340 e. The molecule has 30 heavy (non-hydrogen) atoms. The normalized spacial score (nSPS) is 11.0. The summed E-state index contributed by atoms with van der Waals surface area (Å²) < 4.78 is 7.32. The van der Waals surface area contributed by atoms with Crippen LogP contribution in [0.2, 0.25) is 0 Å². The Morgan fingerprint density at radius 2 is 1.90 bits per heavy atom. The summed E-state index contributed by atoms with van der Waals surface area (Å²) in [6.07, 6.45) is 4.74. The molecule has 2 aromatic heterocycles. The van der Waals surface area contributed by atoms with Crippen molar-refractivity contribution in [3.8, 4) is 16.9 Å². The molecule has 6 nitrogen and oxygen atoms in total. The number of aromatic hydroxyl groups is 1. The summed E-state index contributed by atoms with van der Waals surface area (Å²) in [5, 5.41) is 11.3. The first-order valence-electron chi connectivity index (χ1n) is 9.54. The molecule has 0 saturated carbocycles. The van der Waals surface area contributed by atoms with Gasteiger partial charge in [-0.1, -0.05) is 18.2 Å². The lowest BCUT2D eigenvalue weighted by Gasteiger charge is -2.08. The second-order valence-electron chi connectivity index (χ2n) is 6.72. The summed E-state index contributed by atoms with van der Waals surface area (Å²) in [5.41, 5.74) is 3.48. The quantitative estimate of drug-likeness (QED) is 0.357. The Labute approximate surface area is 178 Å². The molecule has 152 valence electrons. The fraction of sp³-hybridized carbons (Fsp3) is 0.174. The zero-order valence-electron chi connectivity index (χ0n) is 16.7. The third kappa shape index (κ3) is 3.76. The monoisotopic (exact) mass is 419 g/mol. The van der Waals surface area contributed by atoms with E-state index in [-0.39, 0.29) is 18.3 Å². The Morgan fingerprint density at radius 1 is 1.17 bits per heavy atom. The van der Waals surface area contributed by atoms with Crippen molar-refractivity contribution in [3.05, 3.63) is 72.4 Å². The highest BCUT2D eigenvalue weighted by atomic mass is 32.2. The SMILES string of the molecule is CCOC(=O)c1c(CSc2ccccc2)n(C)c2cc(-c3cncnc3)c(O)cc12. The molecule has 7 heteroatoms. The van der Waals surface area contributed by atoms with Gasteiger partial charge in [-0.2, -0.15) is 0 Å². The van der Waals surface area contributed by atoms with Gasteiger partial charge in [-0.25, -0.2) is 14.8 Å². The third-order valence-electron chi connectivity index (χ3n) is 4.91. The fourth-order valence-corrected chi connectivity index (χ4v) is 4.45. The van der Waals surface area contributed by atoms with Gasteiger partial charge < -0.3 is 14.4 Å². The van der Waals surface area contributed by atoms with Gasteiger partial charge in [-0.3, -0.25) is 0 Å². The first-order chi connectivity index (χ1) is 14.6. The van der Waals surface area contributed by atoms with Crippen molar-refractivity contribution in [3.63, 3.8) is 0 Å². The largest absolute Gasteiger partial charge is 0.507 e. The number of carbonyl (C=O) groups excluding carboxylic acids is 1. The van der Waals surface area contributed by atoms with Gasteiger partial charge in [0.2, 0.25) is 0 Å². The molecule has 0 atom stereocenters. The maximum atomic E-state index is 12.8. The van der Waals surface area contributed by atoms with E-state index < -0.39 is 0 Å². The zero-order valence-corrected chi connectivity index (χ0v) is 17.5. The van der Waals surface area contributed by atoms with E-state index in [2.05, 4.69) is 9.97 Å². The number of phenols is 1. The van der Waals surface area contributed by atoms with Crippen LogP contribution >= 0.6 is 11.8 Å². The highest BCUT2D eigenvalue weighted by molar-refractivity contribution is 7.98. The van der Waals surface area contributed by atoms with Crippen LogP contribution in [0.25, 0.3) is 22.0 Å². The smallest absolute Gasteiger partial charge is 0.340 e. The predicted molar refractivity (Wildman–Crippen MR) is 118 cm³/mol. The number of rotatable bonds is 6. The van der Waals surface area contributed by atoms with Gasteiger partial charge in [0.05, 0.1) is 12.2 Å². The van der Waals surface area contributed by atoms with Crippen LogP contribution in [0, 0.1) is 0 Å². The number of hydrogen-bond donors (Lipinski definition) is 1. The molecule has 0 fully saturated rings. The van der Waals surface area contributed by atoms with Crippen molar-refractivity contribution < 1.29 is 14.6 Å². The molecule has 2 heterocycles. The number of phenolic OH excluding ortho intramolecular Hbond substituents is 1. The van der Waals surface area contributed by atoms with Crippen molar-refractivity contribution in [1.29, 1.82) is 0 Å². The summed E-state index contributed by atoms with van der Waals surface area (Å²) in [7, 11) is 1.92. The molecule has 0 unspecified atom stereocenters. The first-order valence-corrected chi connectivity index (χ1v) is 10.5. The highest BCUT2D eigenvalue weighted by Crippen LogP contribution is 2.38. The van der Waals surface area contributed by atoms with Crippen LogP contribution < -0.4 is 0 Å². The standard InChI is InChI=1S/C23H21N3O3S/c1-3-29-23(28)22-18-10-21(27)17(15-11-24-14-25-12-15)9-19(18)26(2)20(22)13-30-16-7-5-4-6-8-16/h4-12,14,27H,3,13H2,1-2H3. The van der Waals surface area contributed by atoms with Crippen molar-refractivity contribution >= 4 is 28.6 Å². The number of ether oxygens (including phenoxy) is 1. The number of nitrogens with zero attached hydrogens (tertiary/aromatic N) is 3. The van der Waals surface area contributed by atoms with E-state index >= 15 is 0 Å². The average molecular weight is 420 g/mol. The molecular weight excluding hydrogens is 398 g/mol. The minimum atomic E-state index is -0.387. The lowest BCUT2D eigenvalue weighted by atomic mass is 10.0. The number of aryl methyl sites for hydroxylation is 1. The molecule has 0 amide bonds. The molecule has 0 saturated heterocycles. The summed E-state index contributed by atoms with van der Waals surface area (Å²) in [4.78, 5) is 22.0. The highest BCUT2D eigenvalue weighted by Gasteiger charge is 2.24. The molecular formula is C23H21N3O3S. The van der Waals surface area contributed by atoms with E-state index in [0.717, 1.165) is 16.1 Å². The number of hydrogen-bond acceptors (Lipinski definition) is 6. The Bertz CT molecular complexity index is 1190. The molecule has 2 aromatic carbocycles. The summed E-state index contributed by atoms with van der Waals surface area (Å²) in [5.74, 6) is 0.270. The Kier molecular flexibility index (Phi) is 5.72. The van der Waals surface area contributed by atoms with Crippen molar-refractivity contribution in [1.82, 2.24) is 14.5 Å². The van der Waals surface area contributed by atoms with Gasteiger partial charge in [0.15, 0.2) is 0 Å². The first kappa shape index (κ1) is 20.0. The second kappa shape index (κ2) is 8.59. The van der Waals surface area contributed by atoms with Crippen LogP contribution in [-0.2, 0) is 17.5 Å². The van der Waals surface area contributed by atoms with Gasteiger partial charge >= 0.3 is 5.97 Å². The lowest BCUT2D eigenvalue weighted by Crippen LogP contribution is -2.08. The predicted octanol–water partition coefficient (Wildman–Crippen LogP) is 4.81. The van der Waals surface area contributed by atoms with E-state index in [1.54, 1.807) is 37.1 Å². The number of benzene rings is 2. The maximum absolute atomic E-state index is 12.8. The number of aromatic nitrogens is 3. The van der Waals surface area contributed by atoms with Crippen molar-refractivity contribution in [2.45, 2.75) is 17.6 Å². The molecule has 0 radical (unpaired) electrons. The summed E-state index contributed by atoms with van der Waals surface area (Å²) >= 11 is 1.65. The van der Waals surface area contributed by atoms with Gasteiger partial charge in [-0.05, 0) is 31.2 Å². The fourth-order valence-electron chi connectivity index (χ4n) is 3.46. The van der Waals surface area contributed by atoms with Crippen molar-refractivity contribution in [2.24, 2.45) is 7.05 Å². The molecule has 4 rings (SSSR count). The van der Waals surface area contributed by atoms with Gasteiger partial charge in [0.1, 0.15) is 12.1 Å². The molecule has 0 spiro atoms. The molecule has 4 aromatic rings. The Balaban J connectivity index is 1.85. The molecule has 0 aliphatic carbocycles. The average Bonchev–Trinajstić information content (AvgIpc) is 3.04. The van der Waals surface area contributed by atoms with E-state index in [1.807, 2.05) is 48.0 Å². The van der Waals surface area contributed by atoms with E-state index in [0.29, 0.717) is 27.8 Å². The minimum absolute atomic E-state index is 0.0655. The van der Waals surface area contributed by atoms with E-state index in [9.17, 15) is 9.90 Å². The number of fused-ring (bicyclic) bond motifs is 1. The second-order valence-corrected chi connectivity index (χ2v) is 7.77. The van der Waals surface area contributed by atoms with Crippen LogP contribution in [0.3, 0.4) is 0 Å². The molecule has 0 aliphatic rings. The van der Waals surface area contributed by atoms with Crippen LogP contribution in [-0.4, -0.2) is 32.2 Å². The molecule has 0 bridgehead atoms. The Hall–Kier alpha value is -3.32. The van der Waals surface area contributed by atoms with Crippen LogP contribution in [0.4, 0.5) is 0 Å². The van der Waals surface area contributed by atoms with Crippen LogP contribution in [0.5, 0.6) is 5.75 Å². The minimum Gasteiger partial charge on any atom is -0.507 e. The van der Waals surface area contributed by atoms with Gasteiger partial charge in [0, 0.05) is 57.8 Å². The van der Waals surface area contributed by atoms with Crippen molar-refractivity contribution in [2.75, 3.05) is 6.61 Å². The number of esters is 1. The summed E-state index contributed by atoms with van der Waals surface area (Å²) in [6, 6.07) is 13.5. The number of carbonyl (C=O) groups is 1. The third-order valence-corrected chi connectivity index (χ3v) is 5.93.